The lowest BCUT2D eigenvalue weighted by atomic mass is 9.68. The van der Waals surface area contributed by atoms with E-state index in [1.54, 1.807) is 0 Å². The predicted molar refractivity (Wildman–Crippen MR) is 105 cm³/mol. The van der Waals surface area contributed by atoms with Crippen molar-refractivity contribution in [1.82, 2.24) is 0 Å². The number of hydrogen-bond donors (Lipinski definition) is 1. The van der Waals surface area contributed by atoms with E-state index in [1.165, 1.54) is 38.5 Å². The highest BCUT2D eigenvalue weighted by Crippen LogP contribution is 2.42. The minimum Gasteiger partial charge on any atom is -0.481 e. The van der Waals surface area contributed by atoms with Gasteiger partial charge in [-0.25, -0.2) is 0 Å². The molecule has 0 spiro atoms. The van der Waals surface area contributed by atoms with Gasteiger partial charge in [0, 0.05) is 0 Å². The van der Waals surface area contributed by atoms with E-state index in [-0.39, 0.29) is 0 Å². The summed E-state index contributed by atoms with van der Waals surface area (Å²) < 4.78 is 0. The second kappa shape index (κ2) is 13.7. The van der Waals surface area contributed by atoms with Gasteiger partial charge in [-0.1, -0.05) is 98.8 Å². The van der Waals surface area contributed by atoms with Gasteiger partial charge in [-0.05, 0) is 31.1 Å². The molecule has 144 valence electrons. The maximum Gasteiger partial charge on any atom is 0.309 e. The molecular formula is C22H44O2. The van der Waals surface area contributed by atoms with E-state index in [2.05, 4.69) is 34.6 Å². The summed E-state index contributed by atoms with van der Waals surface area (Å²) in [6, 6.07) is 0. The molecule has 2 atom stereocenters. The molecule has 0 heterocycles. The van der Waals surface area contributed by atoms with E-state index in [1.807, 2.05) is 0 Å². The second-order valence-electron chi connectivity index (χ2n) is 7.93. The smallest absolute Gasteiger partial charge is 0.309 e. The van der Waals surface area contributed by atoms with Crippen LogP contribution in [0, 0.1) is 17.3 Å². The summed E-state index contributed by atoms with van der Waals surface area (Å²) in [5.41, 5.74) is -0.487. The fraction of sp³-hybridized carbons (Fsp3) is 0.955. The van der Waals surface area contributed by atoms with Crippen LogP contribution < -0.4 is 0 Å². The first-order valence-corrected chi connectivity index (χ1v) is 10.7. The molecule has 0 rings (SSSR count). The highest BCUT2D eigenvalue weighted by atomic mass is 16.4. The van der Waals surface area contributed by atoms with Crippen molar-refractivity contribution in [2.75, 3.05) is 0 Å². The van der Waals surface area contributed by atoms with Gasteiger partial charge >= 0.3 is 5.97 Å². The summed E-state index contributed by atoms with van der Waals surface area (Å²) in [4.78, 5) is 12.4. The quantitative estimate of drug-likeness (QED) is 0.316. The van der Waals surface area contributed by atoms with Crippen molar-refractivity contribution in [2.45, 2.75) is 118 Å². The number of aliphatic carboxylic acids is 1. The number of carboxylic acid groups (broad SMARTS) is 1. The largest absolute Gasteiger partial charge is 0.481 e. The Bertz CT molecular complexity index is 293. The third kappa shape index (κ3) is 8.53. The minimum atomic E-state index is -0.527. The maximum atomic E-state index is 12.4. The first kappa shape index (κ1) is 23.5. The molecule has 2 heteroatoms. The molecule has 0 aromatic carbocycles. The monoisotopic (exact) mass is 340 g/mol. The molecule has 2 unspecified atom stereocenters. The standard InChI is InChI=1S/C22H44O2/c1-6-11-14-19(9-4)17-22(21(23)24,16-13-8-3)18-20(10-5)15-12-7-2/h19-20H,6-18H2,1-5H3,(H,23,24). The van der Waals surface area contributed by atoms with Crippen molar-refractivity contribution in [3.8, 4) is 0 Å². The van der Waals surface area contributed by atoms with Crippen molar-refractivity contribution in [3.63, 3.8) is 0 Å². The van der Waals surface area contributed by atoms with Crippen molar-refractivity contribution >= 4 is 5.97 Å². The Kier molecular flexibility index (Phi) is 13.4. The van der Waals surface area contributed by atoms with Crippen LogP contribution in [0.4, 0.5) is 0 Å². The second-order valence-corrected chi connectivity index (χ2v) is 7.93. The van der Waals surface area contributed by atoms with Crippen LogP contribution in [-0.4, -0.2) is 11.1 Å². The van der Waals surface area contributed by atoms with Gasteiger partial charge < -0.3 is 5.11 Å². The fourth-order valence-electron chi connectivity index (χ4n) is 4.08. The van der Waals surface area contributed by atoms with Crippen LogP contribution >= 0.6 is 0 Å². The number of rotatable bonds is 16. The molecule has 0 saturated carbocycles. The molecule has 0 aliphatic rings. The molecular weight excluding hydrogens is 296 g/mol. The average Bonchev–Trinajstić information content (AvgIpc) is 2.59. The first-order chi connectivity index (χ1) is 11.5. The molecule has 24 heavy (non-hydrogen) atoms. The molecule has 0 amide bonds. The van der Waals surface area contributed by atoms with Crippen LogP contribution in [0.1, 0.15) is 118 Å². The Morgan fingerprint density at radius 3 is 1.50 bits per heavy atom. The Balaban J connectivity index is 5.24. The van der Waals surface area contributed by atoms with E-state index in [9.17, 15) is 9.90 Å². The number of hydrogen-bond acceptors (Lipinski definition) is 1. The maximum absolute atomic E-state index is 12.4. The zero-order valence-electron chi connectivity index (χ0n) is 17.2. The summed E-state index contributed by atoms with van der Waals surface area (Å²) in [7, 11) is 0. The van der Waals surface area contributed by atoms with Crippen LogP contribution in [0.2, 0.25) is 0 Å². The minimum absolute atomic E-state index is 0.487. The van der Waals surface area contributed by atoms with E-state index in [0.717, 1.165) is 44.9 Å². The highest BCUT2D eigenvalue weighted by Gasteiger charge is 2.40. The summed E-state index contributed by atoms with van der Waals surface area (Å²) >= 11 is 0. The van der Waals surface area contributed by atoms with Crippen LogP contribution in [0.3, 0.4) is 0 Å². The molecule has 0 radical (unpaired) electrons. The molecule has 0 saturated heterocycles. The molecule has 0 aromatic heterocycles. The number of carboxylic acids is 1. The summed E-state index contributed by atoms with van der Waals surface area (Å²) in [6.07, 6.45) is 14.3. The van der Waals surface area contributed by atoms with E-state index in [4.69, 9.17) is 0 Å². The van der Waals surface area contributed by atoms with Gasteiger partial charge in [0.15, 0.2) is 0 Å². The summed E-state index contributed by atoms with van der Waals surface area (Å²) in [5, 5.41) is 10.2. The van der Waals surface area contributed by atoms with Gasteiger partial charge in [0.2, 0.25) is 0 Å². The average molecular weight is 341 g/mol. The van der Waals surface area contributed by atoms with Crippen molar-refractivity contribution < 1.29 is 9.90 Å². The van der Waals surface area contributed by atoms with Crippen LogP contribution in [0.15, 0.2) is 0 Å². The molecule has 0 aliphatic heterocycles. The highest BCUT2D eigenvalue weighted by molar-refractivity contribution is 5.74. The van der Waals surface area contributed by atoms with E-state index in [0.29, 0.717) is 11.8 Å². The van der Waals surface area contributed by atoms with Crippen LogP contribution in [0.5, 0.6) is 0 Å². The van der Waals surface area contributed by atoms with Crippen LogP contribution in [-0.2, 0) is 4.79 Å². The normalized spacial score (nSPS) is 16.5. The lowest BCUT2D eigenvalue weighted by molar-refractivity contribution is -0.152. The third-order valence-electron chi connectivity index (χ3n) is 5.91. The van der Waals surface area contributed by atoms with Gasteiger partial charge in [-0.3, -0.25) is 4.79 Å². The topological polar surface area (TPSA) is 37.3 Å². The lowest BCUT2D eigenvalue weighted by Crippen LogP contribution is -2.35. The van der Waals surface area contributed by atoms with Gasteiger partial charge in [0.1, 0.15) is 0 Å². The molecule has 0 fully saturated rings. The van der Waals surface area contributed by atoms with Crippen molar-refractivity contribution in [2.24, 2.45) is 17.3 Å². The lowest BCUT2D eigenvalue weighted by Gasteiger charge is -2.36. The third-order valence-corrected chi connectivity index (χ3v) is 5.91. The summed E-state index contributed by atoms with van der Waals surface area (Å²) in [6.45, 7) is 11.1. The number of carbonyl (C=O) groups is 1. The Hall–Kier alpha value is -0.530. The van der Waals surface area contributed by atoms with Crippen molar-refractivity contribution in [3.05, 3.63) is 0 Å². The zero-order valence-corrected chi connectivity index (χ0v) is 17.2. The Labute approximate surface area is 151 Å². The van der Waals surface area contributed by atoms with Gasteiger partial charge in [0.25, 0.3) is 0 Å². The van der Waals surface area contributed by atoms with E-state index >= 15 is 0 Å². The first-order valence-electron chi connectivity index (χ1n) is 10.7. The SMILES string of the molecule is CCCCC(CC)CC(CCCC)(CC(CC)CCCC)C(=O)O. The number of unbranched alkanes of at least 4 members (excludes halogenated alkanes) is 3. The molecule has 1 N–H and O–H groups in total. The van der Waals surface area contributed by atoms with Gasteiger partial charge in [-0.15, -0.1) is 0 Å². The zero-order chi connectivity index (χ0) is 18.4. The van der Waals surface area contributed by atoms with E-state index < -0.39 is 11.4 Å². The van der Waals surface area contributed by atoms with Crippen LogP contribution in [0.25, 0.3) is 0 Å². The summed E-state index contributed by atoms with van der Waals surface area (Å²) in [5.74, 6) is 0.615. The molecule has 0 aromatic rings. The predicted octanol–water partition coefficient (Wildman–Crippen LogP) is 7.46. The Morgan fingerprint density at radius 2 is 1.21 bits per heavy atom. The van der Waals surface area contributed by atoms with Gasteiger partial charge in [0.05, 0.1) is 5.41 Å². The fourth-order valence-corrected chi connectivity index (χ4v) is 4.08. The molecule has 0 aliphatic carbocycles. The molecule has 2 nitrogen and oxygen atoms in total. The van der Waals surface area contributed by atoms with Gasteiger partial charge in [-0.2, -0.15) is 0 Å². The Morgan fingerprint density at radius 1 is 0.792 bits per heavy atom. The van der Waals surface area contributed by atoms with Crippen molar-refractivity contribution in [1.29, 1.82) is 0 Å². The molecule has 0 bridgehead atoms.